The number of nitrogens with two attached hydrogens (primary N) is 1. The molecule has 1 fully saturated rings. The van der Waals surface area contributed by atoms with E-state index in [1.54, 1.807) is 4.90 Å². The molecule has 2 rings (SSSR count). The van der Waals surface area contributed by atoms with Gasteiger partial charge in [0.25, 0.3) is 0 Å². The minimum absolute atomic E-state index is 0.207. The highest BCUT2D eigenvalue weighted by atomic mass is 19.4. The maximum atomic E-state index is 12.4. The summed E-state index contributed by atoms with van der Waals surface area (Å²) in [5.41, 5.74) is 2.31. The predicted molar refractivity (Wildman–Crippen MR) is 63.6 cm³/mol. The smallest absolute Gasteiger partial charge is 0.378 e. The van der Waals surface area contributed by atoms with Gasteiger partial charge in [-0.2, -0.15) is 18.3 Å². The maximum Gasteiger partial charge on any atom is 0.408 e. The summed E-state index contributed by atoms with van der Waals surface area (Å²) < 4.78 is 43.2. The standard InChI is InChI=1S/C10H16F3N5O2/c11-10(12,13)6-18-5-7(9(19)15-14)8(16-18)17-1-3-20-4-2-17/h5,9,15,19H,1-4,6,14H2. The molecule has 0 amide bonds. The van der Waals surface area contributed by atoms with Crippen molar-refractivity contribution >= 4 is 5.82 Å². The first-order valence-electron chi connectivity index (χ1n) is 6.01. The second-order valence-electron chi connectivity index (χ2n) is 4.39. The van der Waals surface area contributed by atoms with Crippen LogP contribution < -0.4 is 16.2 Å². The Kier molecular flexibility index (Phi) is 4.48. The van der Waals surface area contributed by atoms with Gasteiger partial charge in [0, 0.05) is 19.3 Å². The zero-order valence-electron chi connectivity index (χ0n) is 10.6. The van der Waals surface area contributed by atoms with Crippen molar-refractivity contribution in [2.24, 2.45) is 5.84 Å². The summed E-state index contributed by atoms with van der Waals surface area (Å²) >= 11 is 0. The Morgan fingerprint density at radius 2 is 2.10 bits per heavy atom. The molecule has 0 aromatic carbocycles. The number of hydrogen-bond acceptors (Lipinski definition) is 6. The van der Waals surface area contributed by atoms with Crippen molar-refractivity contribution in [2.45, 2.75) is 18.9 Å². The number of nitrogens with one attached hydrogen (secondary N) is 1. The third-order valence-corrected chi connectivity index (χ3v) is 2.87. The Morgan fingerprint density at radius 3 is 2.65 bits per heavy atom. The summed E-state index contributed by atoms with van der Waals surface area (Å²) in [6.07, 6.45) is -4.52. The molecule has 20 heavy (non-hydrogen) atoms. The number of aromatic nitrogens is 2. The summed E-state index contributed by atoms with van der Waals surface area (Å²) in [6.45, 7) is 0.678. The molecule has 1 saturated heterocycles. The monoisotopic (exact) mass is 295 g/mol. The van der Waals surface area contributed by atoms with Gasteiger partial charge in [-0.3, -0.25) is 10.5 Å². The summed E-state index contributed by atoms with van der Waals surface area (Å²) in [5.74, 6) is 5.42. The number of anilines is 1. The molecule has 1 aromatic heterocycles. The summed E-state index contributed by atoms with van der Waals surface area (Å²) in [5, 5.41) is 13.6. The van der Waals surface area contributed by atoms with E-state index in [0.29, 0.717) is 26.3 Å². The van der Waals surface area contributed by atoms with Crippen molar-refractivity contribution in [2.75, 3.05) is 31.2 Å². The van der Waals surface area contributed by atoms with Gasteiger partial charge in [0.05, 0.1) is 18.8 Å². The highest BCUT2D eigenvalue weighted by molar-refractivity contribution is 5.47. The van der Waals surface area contributed by atoms with Crippen LogP contribution in [0.5, 0.6) is 0 Å². The van der Waals surface area contributed by atoms with Crippen LogP contribution in [0.1, 0.15) is 11.8 Å². The van der Waals surface area contributed by atoms with Crippen molar-refractivity contribution in [1.29, 1.82) is 0 Å². The second kappa shape index (κ2) is 5.95. The van der Waals surface area contributed by atoms with Gasteiger partial charge >= 0.3 is 6.18 Å². The van der Waals surface area contributed by atoms with Crippen molar-refractivity contribution in [3.8, 4) is 0 Å². The van der Waals surface area contributed by atoms with Crippen LogP contribution in [0, 0.1) is 0 Å². The maximum absolute atomic E-state index is 12.4. The number of ether oxygens (including phenoxy) is 1. The Morgan fingerprint density at radius 1 is 1.45 bits per heavy atom. The number of alkyl halides is 3. The normalized spacial score (nSPS) is 18.4. The zero-order valence-corrected chi connectivity index (χ0v) is 10.6. The first-order valence-corrected chi connectivity index (χ1v) is 6.01. The van der Waals surface area contributed by atoms with E-state index < -0.39 is 18.9 Å². The van der Waals surface area contributed by atoms with Crippen LogP contribution in [-0.4, -0.2) is 47.4 Å². The quantitative estimate of drug-likeness (QED) is 0.403. The van der Waals surface area contributed by atoms with Gasteiger partial charge in [-0.15, -0.1) is 0 Å². The molecular formula is C10H16F3N5O2. The molecule has 1 atom stereocenters. The fraction of sp³-hybridized carbons (Fsp3) is 0.700. The fourth-order valence-corrected chi connectivity index (χ4v) is 1.99. The molecule has 10 heteroatoms. The molecular weight excluding hydrogens is 279 g/mol. The SMILES string of the molecule is NNC(O)c1cn(CC(F)(F)F)nc1N1CCOCC1. The zero-order chi connectivity index (χ0) is 14.8. The molecule has 1 unspecified atom stereocenters. The topological polar surface area (TPSA) is 88.6 Å². The van der Waals surface area contributed by atoms with Crippen LogP contribution in [0.4, 0.5) is 19.0 Å². The number of hydrogen-bond donors (Lipinski definition) is 3. The Balaban J connectivity index is 2.27. The lowest BCUT2D eigenvalue weighted by Gasteiger charge is -2.28. The molecule has 0 aliphatic carbocycles. The number of aliphatic hydroxyl groups is 1. The number of aliphatic hydroxyl groups excluding tert-OH is 1. The van der Waals surface area contributed by atoms with Gasteiger partial charge in [-0.05, 0) is 0 Å². The molecule has 0 saturated carbocycles. The lowest BCUT2D eigenvalue weighted by Crippen LogP contribution is -2.38. The molecule has 1 aliphatic rings. The van der Waals surface area contributed by atoms with E-state index in [2.05, 4.69) is 10.5 Å². The van der Waals surface area contributed by atoms with Crippen LogP contribution in [-0.2, 0) is 11.3 Å². The van der Waals surface area contributed by atoms with Crippen LogP contribution >= 0.6 is 0 Å². The van der Waals surface area contributed by atoms with E-state index in [0.717, 1.165) is 10.9 Å². The van der Waals surface area contributed by atoms with Crippen molar-refractivity contribution < 1.29 is 23.0 Å². The van der Waals surface area contributed by atoms with Crippen molar-refractivity contribution in [1.82, 2.24) is 15.2 Å². The second-order valence-corrected chi connectivity index (χ2v) is 4.39. The number of hydrazine groups is 1. The van der Waals surface area contributed by atoms with Crippen LogP contribution in [0.2, 0.25) is 0 Å². The first kappa shape index (κ1) is 15.0. The van der Waals surface area contributed by atoms with E-state index in [9.17, 15) is 18.3 Å². The van der Waals surface area contributed by atoms with Gasteiger partial charge in [-0.25, -0.2) is 5.43 Å². The van der Waals surface area contributed by atoms with E-state index in [1.807, 2.05) is 0 Å². The van der Waals surface area contributed by atoms with Gasteiger partial charge < -0.3 is 14.7 Å². The number of morpholine rings is 1. The Labute approximate surface area is 113 Å². The highest BCUT2D eigenvalue weighted by Gasteiger charge is 2.30. The molecule has 7 nitrogen and oxygen atoms in total. The molecule has 0 bridgehead atoms. The van der Waals surface area contributed by atoms with Gasteiger partial charge in [0.2, 0.25) is 0 Å². The van der Waals surface area contributed by atoms with Crippen LogP contribution in [0.25, 0.3) is 0 Å². The molecule has 1 aromatic rings. The minimum Gasteiger partial charge on any atom is -0.378 e. The van der Waals surface area contributed by atoms with Gasteiger partial charge in [0.1, 0.15) is 12.8 Å². The molecule has 0 spiro atoms. The lowest BCUT2D eigenvalue weighted by molar-refractivity contribution is -0.142. The largest absolute Gasteiger partial charge is 0.408 e. The van der Waals surface area contributed by atoms with Gasteiger partial charge in [-0.1, -0.05) is 0 Å². The van der Waals surface area contributed by atoms with E-state index in [4.69, 9.17) is 10.6 Å². The number of nitrogens with zero attached hydrogens (tertiary/aromatic N) is 3. The summed E-state index contributed by atoms with van der Waals surface area (Å²) in [6, 6.07) is 0. The fourth-order valence-electron chi connectivity index (χ4n) is 1.99. The number of rotatable bonds is 4. The Bertz CT molecular complexity index is 445. The molecule has 4 N–H and O–H groups in total. The van der Waals surface area contributed by atoms with Crippen molar-refractivity contribution in [3.05, 3.63) is 11.8 Å². The average Bonchev–Trinajstić information content (AvgIpc) is 2.80. The minimum atomic E-state index is -4.38. The van der Waals surface area contributed by atoms with Gasteiger partial charge in [0.15, 0.2) is 5.82 Å². The first-order chi connectivity index (χ1) is 9.40. The molecule has 114 valence electrons. The highest BCUT2D eigenvalue weighted by Crippen LogP contribution is 2.26. The third kappa shape index (κ3) is 3.60. The molecule has 1 aliphatic heterocycles. The third-order valence-electron chi connectivity index (χ3n) is 2.87. The Hall–Kier alpha value is -1.36. The average molecular weight is 295 g/mol. The molecule has 2 heterocycles. The van der Waals surface area contributed by atoms with E-state index in [1.165, 1.54) is 0 Å². The summed E-state index contributed by atoms with van der Waals surface area (Å²) in [7, 11) is 0. The summed E-state index contributed by atoms with van der Waals surface area (Å²) in [4.78, 5) is 1.76. The predicted octanol–water partition coefficient (Wildman–Crippen LogP) is -0.264. The van der Waals surface area contributed by atoms with Crippen LogP contribution in [0.3, 0.4) is 0 Å². The number of halogens is 3. The molecule has 0 radical (unpaired) electrons. The van der Waals surface area contributed by atoms with Crippen molar-refractivity contribution in [3.63, 3.8) is 0 Å². The lowest BCUT2D eigenvalue weighted by atomic mass is 10.2. The van der Waals surface area contributed by atoms with Crippen LogP contribution in [0.15, 0.2) is 6.20 Å². The van der Waals surface area contributed by atoms with E-state index >= 15 is 0 Å². The van der Waals surface area contributed by atoms with E-state index in [-0.39, 0.29) is 11.4 Å².